The van der Waals surface area contributed by atoms with Crippen LogP contribution in [0.5, 0.6) is 11.5 Å². The highest BCUT2D eigenvalue weighted by Gasteiger charge is 2.21. The third-order valence-electron chi connectivity index (χ3n) is 3.88. The highest BCUT2D eigenvalue weighted by Crippen LogP contribution is 2.41. The first-order valence-electron chi connectivity index (χ1n) is 8.21. The summed E-state index contributed by atoms with van der Waals surface area (Å²) in [5.74, 6) is 0.191. The number of aromatic nitrogens is 1. The number of ether oxygens (including phenoxy) is 2. The molecule has 26 heavy (non-hydrogen) atoms. The maximum absolute atomic E-state index is 11.5. The van der Waals surface area contributed by atoms with Crippen molar-refractivity contribution in [2.45, 2.75) is 20.0 Å². The first-order valence-corrected chi connectivity index (χ1v) is 9.02. The van der Waals surface area contributed by atoms with E-state index in [9.17, 15) is 9.90 Å². The second-order valence-corrected chi connectivity index (χ2v) is 6.56. The van der Waals surface area contributed by atoms with Crippen LogP contribution in [0.3, 0.4) is 0 Å². The van der Waals surface area contributed by atoms with Gasteiger partial charge in [0, 0.05) is 0 Å². The SMILES string of the molecule is CCc1nc(-c2cccc(OC)c2OCc2ccccc2)sc1C(=O)O. The fourth-order valence-corrected chi connectivity index (χ4v) is 3.61. The van der Waals surface area contributed by atoms with Gasteiger partial charge in [-0.3, -0.25) is 0 Å². The Kier molecular flexibility index (Phi) is 5.53. The van der Waals surface area contributed by atoms with Crippen LogP contribution in [-0.2, 0) is 13.0 Å². The van der Waals surface area contributed by atoms with Crippen molar-refractivity contribution < 1.29 is 19.4 Å². The molecule has 0 atom stereocenters. The summed E-state index contributed by atoms with van der Waals surface area (Å²) in [5, 5.41) is 10.0. The van der Waals surface area contributed by atoms with Gasteiger partial charge >= 0.3 is 5.97 Å². The summed E-state index contributed by atoms with van der Waals surface area (Å²) in [6.45, 7) is 2.27. The number of para-hydroxylation sites is 1. The molecule has 134 valence electrons. The quantitative estimate of drug-likeness (QED) is 0.656. The van der Waals surface area contributed by atoms with Crippen molar-refractivity contribution in [3.8, 4) is 22.1 Å². The predicted molar refractivity (Wildman–Crippen MR) is 101 cm³/mol. The summed E-state index contributed by atoms with van der Waals surface area (Å²) < 4.78 is 11.5. The van der Waals surface area contributed by atoms with Gasteiger partial charge in [0.15, 0.2) is 11.5 Å². The lowest BCUT2D eigenvalue weighted by Gasteiger charge is -2.14. The Morgan fingerprint density at radius 3 is 2.54 bits per heavy atom. The number of aryl methyl sites for hydroxylation is 1. The van der Waals surface area contributed by atoms with E-state index in [0.717, 1.165) is 22.5 Å². The van der Waals surface area contributed by atoms with Crippen molar-refractivity contribution in [2.75, 3.05) is 7.11 Å². The van der Waals surface area contributed by atoms with Gasteiger partial charge in [0.1, 0.15) is 16.5 Å². The Bertz CT molecular complexity index is 905. The molecule has 0 saturated heterocycles. The van der Waals surface area contributed by atoms with E-state index < -0.39 is 5.97 Å². The first kappa shape index (κ1) is 17.9. The molecule has 1 aromatic heterocycles. The summed E-state index contributed by atoms with van der Waals surface area (Å²) in [4.78, 5) is 16.2. The summed E-state index contributed by atoms with van der Waals surface area (Å²) in [6, 6.07) is 15.4. The highest BCUT2D eigenvalue weighted by atomic mass is 32.1. The van der Waals surface area contributed by atoms with E-state index in [1.807, 2.05) is 55.5 Å². The highest BCUT2D eigenvalue weighted by molar-refractivity contribution is 7.17. The summed E-state index contributed by atoms with van der Waals surface area (Å²) >= 11 is 1.15. The summed E-state index contributed by atoms with van der Waals surface area (Å²) in [5.41, 5.74) is 2.34. The molecule has 0 fully saturated rings. The standard InChI is InChI=1S/C20H19NO4S/c1-3-15-18(20(22)23)26-19(21-15)14-10-7-11-16(24-2)17(14)25-12-13-8-5-4-6-9-13/h4-11H,3,12H2,1-2H3,(H,22,23). The monoisotopic (exact) mass is 369 g/mol. The Hall–Kier alpha value is -2.86. The third kappa shape index (κ3) is 3.70. The molecule has 1 N–H and O–H groups in total. The average molecular weight is 369 g/mol. The van der Waals surface area contributed by atoms with Gasteiger partial charge in [-0.25, -0.2) is 9.78 Å². The largest absolute Gasteiger partial charge is 0.493 e. The van der Waals surface area contributed by atoms with Crippen LogP contribution in [0.15, 0.2) is 48.5 Å². The number of thiazole rings is 1. The Morgan fingerprint density at radius 2 is 1.92 bits per heavy atom. The maximum Gasteiger partial charge on any atom is 0.347 e. The first-order chi connectivity index (χ1) is 12.6. The predicted octanol–water partition coefficient (Wildman–Crippen LogP) is 4.66. The molecule has 0 radical (unpaired) electrons. The molecular formula is C20H19NO4S. The maximum atomic E-state index is 11.5. The minimum absolute atomic E-state index is 0.263. The zero-order valence-corrected chi connectivity index (χ0v) is 15.4. The number of hydrogen-bond acceptors (Lipinski definition) is 5. The number of carboxylic acids is 1. The lowest BCUT2D eigenvalue weighted by Crippen LogP contribution is -1.99. The number of hydrogen-bond donors (Lipinski definition) is 1. The normalized spacial score (nSPS) is 10.5. The van der Waals surface area contributed by atoms with Crippen molar-refractivity contribution in [3.63, 3.8) is 0 Å². The molecule has 1 heterocycles. The molecule has 0 aliphatic carbocycles. The molecule has 0 amide bonds. The van der Waals surface area contributed by atoms with Crippen molar-refractivity contribution in [3.05, 3.63) is 64.7 Å². The van der Waals surface area contributed by atoms with Crippen molar-refractivity contribution >= 4 is 17.3 Å². The van der Waals surface area contributed by atoms with Crippen molar-refractivity contribution in [2.24, 2.45) is 0 Å². The molecule has 6 heteroatoms. The molecule has 0 aliphatic rings. The average Bonchev–Trinajstić information content (AvgIpc) is 3.11. The van der Waals surface area contributed by atoms with Gasteiger partial charge in [-0.15, -0.1) is 11.3 Å². The summed E-state index contributed by atoms with van der Waals surface area (Å²) in [7, 11) is 1.58. The third-order valence-corrected chi connectivity index (χ3v) is 5.00. The van der Waals surface area contributed by atoms with Crippen LogP contribution in [-0.4, -0.2) is 23.2 Å². The minimum atomic E-state index is -0.958. The Balaban J connectivity index is 2.00. The molecular weight excluding hydrogens is 350 g/mol. The second kappa shape index (κ2) is 8.01. The summed E-state index contributed by atoms with van der Waals surface area (Å²) in [6.07, 6.45) is 0.558. The van der Waals surface area contributed by atoms with E-state index in [1.54, 1.807) is 7.11 Å². The topological polar surface area (TPSA) is 68.7 Å². The smallest absolute Gasteiger partial charge is 0.347 e. The van der Waals surface area contributed by atoms with Gasteiger partial charge in [-0.2, -0.15) is 0 Å². The van der Waals surface area contributed by atoms with Gasteiger partial charge < -0.3 is 14.6 Å². The number of aromatic carboxylic acids is 1. The van der Waals surface area contributed by atoms with Crippen molar-refractivity contribution in [1.29, 1.82) is 0 Å². The molecule has 0 aliphatic heterocycles. The van der Waals surface area contributed by atoms with Crippen LogP contribution < -0.4 is 9.47 Å². The van der Waals surface area contributed by atoms with E-state index in [0.29, 0.717) is 35.2 Å². The molecule has 0 unspecified atom stereocenters. The van der Waals surface area contributed by atoms with E-state index in [1.165, 1.54) is 0 Å². The van der Waals surface area contributed by atoms with Gasteiger partial charge in [0.25, 0.3) is 0 Å². The van der Waals surface area contributed by atoms with E-state index in [2.05, 4.69) is 4.98 Å². The second-order valence-electron chi connectivity index (χ2n) is 5.56. The number of rotatable bonds is 7. The van der Waals surface area contributed by atoms with E-state index >= 15 is 0 Å². The van der Waals surface area contributed by atoms with E-state index in [-0.39, 0.29) is 4.88 Å². The van der Waals surface area contributed by atoms with Crippen molar-refractivity contribution in [1.82, 2.24) is 4.98 Å². The van der Waals surface area contributed by atoms with E-state index in [4.69, 9.17) is 9.47 Å². The molecule has 0 bridgehead atoms. The lowest BCUT2D eigenvalue weighted by atomic mass is 10.2. The minimum Gasteiger partial charge on any atom is -0.493 e. The Labute approximate surface area is 155 Å². The fourth-order valence-electron chi connectivity index (χ4n) is 2.60. The molecule has 3 rings (SSSR count). The molecule has 0 saturated carbocycles. The van der Waals surface area contributed by atoms with Crippen LogP contribution >= 0.6 is 11.3 Å². The van der Waals surface area contributed by atoms with Crippen LogP contribution in [0.1, 0.15) is 27.9 Å². The van der Waals surface area contributed by atoms with Gasteiger partial charge in [0.05, 0.1) is 18.4 Å². The van der Waals surface area contributed by atoms with Crippen LogP contribution in [0.4, 0.5) is 0 Å². The van der Waals surface area contributed by atoms with Gasteiger partial charge in [-0.1, -0.05) is 43.3 Å². The molecule has 5 nitrogen and oxygen atoms in total. The van der Waals surface area contributed by atoms with Crippen LogP contribution in [0, 0.1) is 0 Å². The molecule has 0 spiro atoms. The zero-order valence-electron chi connectivity index (χ0n) is 14.6. The number of benzene rings is 2. The number of carbonyl (C=O) groups is 1. The number of nitrogens with zero attached hydrogens (tertiary/aromatic N) is 1. The van der Waals surface area contributed by atoms with Crippen LogP contribution in [0.2, 0.25) is 0 Å². The zero-order chi connectivity index (χ0) is 18.5. The molecule has 3 aromatic rings. The lowest BCUT2D eigenvalue weighted by molar-refractivity contribution is 0.0701. The Morgan fingerprint density at radius 1 is 1.15 bits per heavy atom. The number of carboxylic acid groups (broad SMARTS) is 1. The molecule has 2 aromatic carbocycles. The van der Waals surface area contributed by atoms with Gasteiger partial charge in [-0.05, 0) is 24.1 Å². The van der Waals surface area contributed by atoms with Gasteiger partial charge in [0.2, 0.25) is 0 Å². The fraction of sp³-hybridized carbons (Fsp3) is 0.200. The number of methoxy groups -OCH3 is 1. The van der Waals surface area contributed by atoms with Crippen LogP contribution in [0.25, 0.3) is 10.6 Å².